The molecule has 1 N–H and O–H groups in total. The average Bonchev–Trinajstić information content (AvgIpc) is 2.69. The van der Waals surface area contributed by atoms with Crippen LogP contribution in [0.25, 0.3) is 0 Å². The molecule has 25 heavy (non-hydrogen) atoms. The van der Waals surface area contributed by atoms with Crippen molar-refractivity contribution in [3.63, 3.8) is 0 Å². The van der Waals surface area contributed by atoms with E-state index in [4.69, 9.17) is 0 Å². The Morgan fingerprint density at radius 2 is 1.44 bits per heavy atom. The van der Waals surface area contributed by atoms with Crippen LogP contribution in [0.3, 0.4) is 0 Å². The van der Waals surface area contributed by atoms with Crippen LogP contribution in [0.4, 0.5) is 0 Å². The Morgan fingerprint density at radius 3 is 1.92 bits per heavy atom. The first-order valence-corrected chi connectivity index (χ1v) is 9.44. The number of nitrogens with one attached hydrogen (secondary N) is 1. The Hall–Kier alpha value is -2.13. The van der Waals surface area contributed by atoms with Gasteiger partial charge in [-0.05, 0) is 43.5 Å². The van der Waals surface area contributed by atoms with Gasteiger partial charge in [0.2, 0.25) is 5.91 Å². The van der Waals surface area contributed by atoms with E-state index in [9.17, 15) is 4.79 Å². The van der Waals surface area contributed by atoms with Crippen molar-refractivity contribution in [1.29, 1.82) is 0 Å². The molecule has 1 saturated heterocycles. The fraction of sp³-hybridized carbons (Fsp3) is 0.409. The molecule has 1 aliphatic heterocycles. The van der Waals surface area contributed by atoms with E-state index in [0.29, 0.717) is 0 Å². The molecule has 0 aliphatic carbocycles. The third-order valence-corrected chi connectivity index (χ3v) is 5.07. The molecular formula is C22H28N2O. The van der Waals surface area contributed by atoms with E-state index in [1.165, 1.54) is 19.3 Å². The maximum Gasteiger partial charge on any atom is 0.238 e. The highest BCUT2D eigenvalue weighted by Crippen LogP contribution is 2.23. The monoisotopic (exact) mass is 336 g/mol. The summed E-state index contributed by atoms with van der Waals surface area (Å²) in [5.74, 6) is 0.141. The summed E-state index contributed by atoms with van der Waals surface area (Å²) in [6.45, 7) is 4.18. The second-order valence-electron chi connectivity index (χ2n) is 6.78. The molecule has 0 saturated carbocycles. The maximum absolute atomic E-state index is 13.1. The number of amides is 1. The van der Waals surface area contributed by atoms with Crippen LogP contribution in [-0.4, -0.2) is 29.9 Å². The van der Waals surface area contributed by atoms with Crippen LogP contribution < -0.4 is 5.32 Å². The molecule has 2 aromatic carbocycles. The number of nitrogens with zero attached hydrogens (tertiary/aromatic N) is 1. The summed E-state index contributed by atoms with van der Waals surface area (Å²) in [7, 11) is 0. The topological polar surface area (TPSA) is 32.3 Å². The lowest BCUT2D eigenvalue weighted by Crippen LogP contribution is -2.49. The molecule has 1 aliphatic rings. The Labute approximate surface area is 151 Å². The zero-order valence-electron chi connectivity index (χ0n) is 15.0. The first-order chi connectivity index (χ1) is 12.3. The second-order valence-corrected chi connectivity index (χ2v) is 6.78. The van der Waals surface area contributed by atoms with Crippen LogP contribution in [0, 0.1) is 0 Å². The van der Waals surface area contributed by atoms with Crippen molar-refractivity contribution in [2.75, 3.05) is 13.1 Å². The van der Waals surface area contributed by atoms with Crippen LogP contribution in [0.15, 0.2) is 60.7 Å². The number of benzene rings is 2. The Balaban J connectivity index is 1.80. The van der Waals surface area contributed by atoms with E-state index in [2.05, 4.69) is 41.4 Å². The highest BCUT2D eigenvalue weighted by Gasteiger charge is 2.27. The van der Waals surface area contributed by atoms with E-state index >= 15 is 0 Å². The highest BCUT2D eigenvalue weighted by atomic mass is 16.2. The summed E-state index contributed by atoms with van der Waals surface area (Å²) in [6, 6.07) is 20.3. The molecule has 1 heterocycles. The number of piperidine rings is 1. The molecule has 1 unspecified atom stereocenters. The van der Waals surface area contributed by atoms with E-state index in [0.717, 1.165) is 30.6 Å². The predicted octanol–water partition coefficient (Wildman–Crippen LogP) is 4.16. The van der Waals surface area contributed by atoms with Gasteiger partial charge in [0.15, 0.2) is 0 Å². The summed E-state index contributed by atoms with van der Waals surface area (Å²) in [4.78, 5) is 15.4. The second kappa shape index (κ2) is 8.82. The maximum atomic E-state index is 13.1. The standard InChI is InChI=1S/C22H28N2O/c1-2-20(24-16-10-5-11-17-24)22(25)23-21(18-12-6-3-7-13-18)19-14-8-4-9-15-19/h3-4,6-9,12-15,20-21H,2,5,10-11,16-17H2,1H3,(H,23,25). The molecule has 3 nitrogen and oxygen atoms in total. The minimum Gasteiger partial charge on any atom is -0.344 e. The molecule has 2 aromatic rings. The van der Waals surface area contributed by atoms with Crippen molar-refractivity contribution in [3.8, 4) is 0 Å². The summed E-state index contributed by atoms with van der Waals surface area (Å²) >= 11 is 0. The quantitative estimate of drug-likeness (QED) is 0.859. The van der Waals surface area contributed by atoms with Crippen molar-refractivity contribution in [1.82, 2.24) is 10.2 Å². The van der Waals surface area contributed by atoms with Crippen molar-refractivity contribution >= 4 is 5.91 Å². The largest absolute Gasteiger partial charge is 0.344 e. The third-order valence-electron chi connectivity index (χ3n) is 5.07. The minimum atomic E-state index is -0.103. The van der Waals surface area contributed by atoms with Gasteiger partial charge in [0.25, 0.3) is 0 Å². The molecule has 3 heteroatoms. The molecule has 0 spiro atoms. The van der Waals surface area contributed by atoms with Crippen LogP contribution in [0.5, 0.6) is 0 Å². The van der Waals surface area contributed by atoms with Gasteiger partial charge in [-0.3, -0.25) is 9.69 Å². The molecule has 3 rings (SSSR count). The van der Waals surface area contributed by atoms with Gasteiger partial charge >= 0.3 is 0 Å². The van der Waals surface area contributed by atoms with Gasteiger partial charge in [-0.25, -0.2) is 0 Å². The number of rotatable bonds is 6. The first kappa shape index (κ1) is 17.7. The minimum absolute atomic E-state index is 0.0322. The lowest BCUT2D eigenvalue weighted by atomic mass is 9.97. The van der Waals surface area contributed by atoms with Gasteiger partial charge in [-0.1, -0.05) is 74.0 Å². The van der Waals surface area contributed by atoms with Crippen molar-refractivity contribution < 1.29 is 4.79 Å². The van der Waals surface area contributed by atoms with Crippen molar-refractivity contribution in [3.05, 3.63) is 71.8 Å². The molecule has 1 atom stereocenters. The van der Waals surface area contributed by atoms with Gasteiger partial charge in [-0.2, -0.15) is 0 Å². The van der Waals surface area contributed by atoms with Gasteiger partial charge in [0.1, 0.15) is 0 Å². The number of hydrogen-bond acceptors (Lipinski definition) is 2. The van der Waals surface area contributed by atoms with Crippen LogP contribution >= 0.6 is 0 Å². The van der Waals surface area contributed by atoms with E-state index in [-0.39, 0.29) is 18.0 Å². The average molecular weight is 336 g/mol. The van der Waals surface area contributed by atoms with Crippen LogP contribution in [0.1, 0.15) is 49.8 Å². The van der Waals surface area contributed by atoms with Gasteiger partial charge in [0.05, 0.1) is 12.1 Å². The number of carbonyl (C=O) groups excluding carboxylic acids is 1. The van der Waals surface area contributed by atoms with E-state index in [1.807, 2.05) is 36.4 Å². The third kappa shape index (κ3) is 4.49. The highest BCUT2D eigenvalue weighted by molar-refractivity contribution is 5.82. The Bertz CT molecular complexity index is 611. The Morgan fingerprint density at radius 1 is 0.920 bits per heavy atom. The SMILES string of the molecule is CCC(C(=O)NC(c1ccccc1)c1ccccc1)N1CCCCC1. The van der Waals surface area contributed by atoms with Crippen LogP contribution in [-0.2, 0) is 4.79 Å². The van der Waals surface area contributed by atoms with Crippen molar-refractivity contribution in [2.24, 2.45) is 0 Å². The molecule has 132 valence electrons. The summed E-state index contributed by atoms with van der Waals surface area (Å²) in [6.07, 6.45) is 4.53. The van der Waals surface area contributed by atoms with Crippen molar-refractivity contribution in [2.45, 2.75) is 44.7 Å². The lowest BCUT2D eigenvalue weighted by molar-refractivity contribution is -0.127. The van der Waals surface area contributed by atoms with Crippen LogP contribution in [0.2, 0.25) is 0 Å². The molecular weight excluding hydrogens is 308 g/mol. The zero-order valence-corrected chi connectivity index (χ0v) is 15.0. The lowest BCUT2D eigenvalue weighted by Gasteiger charge is -2.34. The van der Waals surface area contributed by atoms with Gasteiger partial charge in [-0.15, -0.1) is 0 Å². The Kier molecular flexibility index (Phi) is 6.24. The normalized spacial score (nSPS) is 16.6. The predicted molar refractivity (Wildman–Crippen MR) is 102 cm³/mol. The summed E-state index contributed by atoms with van der Waals surface area (Å²) in [5, 5.41) is 3.32. The number of hydrogen-bond donors (Lipinski definition) is 1. The molecule has 0 radical (unpaired) electrons. The number of carbonyl (C=O) groups is 1. The van der Waals surface area contributed by atoms with Gasteiger partial charge in [0, 0.05) is 0 Å². The molecule has 0 aromatic heterocycles. The fourth-order valence-electron chi connectivity index (χ4n) is 3.73. The molecule has 1 fully saturated rings. The van der Waals surface area contributed by atoms with E-state index < -0.39 is 0 Å². The summed E-state index contributed by atoms with van der Waals surface area (Å²) < 4.78 is 0. The summed E-state index contributed by atoms with van der Waals surface area (Å²) in [5.41, 5.74) is 2.24. The smallest absolute Gasteiger partial charge is 0.238 e. The van der Waals surface area contributed by atoms with E-state index in [1.54, 1.807) is 0 Å². The van der Waals surface area contributed by atoms with Gasteiger partial charge < -0.3 is 5.32 Å². The first-order valence-electron chi connectivity index (χ1n) is 9.44. The number of likely N-dealkylation sites (tertiary alicyclic amines) is 1. The fourth-order valence-corrected chi connectivity index (χ4v) is 3.73. The molecule has 1 amide bonds. The zero-order chi connectivity index (χ0) is 17.5. The molecule has 0 bridgehead atoms.